The maximum atomic E-state index is 9.90. The standard InChI is InChI=1S/C32H44N2O3/c1-5-17-33(3)18-19-37-29-13-7-24(8-14-29)23-34(6-2)32-22-30(36-4)15-16-31(32)27-10-9-26-21-28(35)12-11-25(26)20-27/h7-8,11-16,21-22,27,31-32,35H,5-6,9-10,17-20,23H2,1-4H3/t27-,31?,32?/m1/s1. The quantitative estimate of drug-likeness (QED) is 0.394. The molecule has 0 amide bonds. The molecule has 0 saturated carbocycles. The summed E-state index contributed by atoms with van der Waals surface area (Å²) in [6.07, 6.45) is 11.2. The zero-order valence-corrected chi connectivity index (χ0v) is 23.0. The molecule has 200 valence electrons. The molecule has 2 aliphatic carbocycles. The van der Waals surface area contributed by atoms with E-state index in [2.05, 4.69) is 79.3 Å². The van der Waals surface area contributed by atoms with Crippen LogP contribution in [0.3, 0.4) is 0 Å². The first-order chi connectivity index (χ1) is 18.0. The molecular weight excluding hydrogens is 460 g/mol. The Labute approximate surface area is 223 Å². The van der Waals surface area contributed by atoms with Gasteiger partial charge in [-0.2, -0.15) is 0 Å². The number of hydrogen-bond acceptors (Lipinski definition) is 5. The largest absolute Gasteiger partial charge is 0.508 e. The third-order valence-corrected chi connectivity index (χ3v) is 7.93. The van der Waals surface area contributed by atoms with E-state index in [-0.39, 0.29) is 6.04 Å². The highest BCUT2D eigenvalue weighted by Gasteiger charge is 2.34. The number of fused-ring (bicyclic) bond motifs is 1. The highest BCUT2D eigenvalue weighted by atomic mass is 16.5. The fourth-order valence-corrected chi connectivity index (χ4v) is 5.84. The van der Waals surface area contributed by atoms with Gasteiger partial charge in [0, 0.05) is 19.1 Å². The van der Waals surface area contributed by atoms with Gasteiger partial charge in [0.25, 0.3) is 0 Å². The van der Waals surface area contributed by atoms with E-state index < -0.39 is 0 Å². The van der Waals surface area contributed by atoms with E-state index in [1.807, 2.05) is 12.1 Å². The maximum Gasteiger partial charge on any atom is 0.119 e. The Hall–Kier alpha value is -2.76. The zero-order chi connectivity index (χ0) is 26.2. The molecule has 5 nitrogen and oxygen atoms in total. The van der Waals surface area contributed by atoms with E-state index in [0.717, 1.165) is 63.4 Å². The number of ether oxygens (including phenoxy) is 2. The maximum absolute atomic E-state index is 9.90. The van der Waals surface area contributed by atoms with Crippen LogP contribution in [0.25, 0.3) is 0 Å². The minimum absolute atomic E-state index is 0.277. The van der Waals surface area contributed by atoms with Gasteiger partial charge in [0.05, 0.1) is 7.11 Å². The van der Waals surface area contributed by atoms with Gasteiger partial charge < -0.3 is 19.5 Å². The van der Waals surface area contributed by atoms with E-state index in [1.54, 1.807) is 7.11 Å². The van der Waals surface area contributed by atoms with Gasteiger partial charge in [0.2, 0.25) is 0 Å². The summed E-state index contributed by atoms with van der Waals surface area (Å²) < 4.78 is 11.6. The molecular formula is C32H44N2O3. The van der Waals surface area contributed by atoms with E-state index in [4.69, 9.17) is 9.47 Å². The average molecular weight is 505 g/mol. The summed E-state index contributed by atoms with van der Waals surface area (Å²) >= 11 is 0. The van der Waals surface area contributed by atoms with Gasteiger partial charge in [-0.1, -0.05) is 38.1 Å². The summed E-state index contributed by atoms with van der Waals surface area (Å²) in [5, 5.41) is 9.90. The molecule has 4 rings (SSSR count). The SMILES string of the molecule is CCCN(C)CCOc1ccc(CN(CC)C2C=C(OC)C=CC2[C@@H]2CCc3cc(O)ccc3C2)cc1. The van der Waals surface area contributed by atoms with Gasteiger partial charge in [-0.3, -0.25) is 4.90 Å². The number of phenolic OH excluding ortho intramolecular Hbond substituents is 1. The molecule has 1 N–H and O–H groups in total. The van der Waals surface area contributed by atoms with Crippen LogP contribution in [0.15, 0.2) is 66.5 Å². The minimum atomic E-state index is 0.277. The van der Waals surface area contributed by atoms with Crippen LogP contribution in [-0.4, -0.2) is 61.3 Å². The van der Waals surface area contributed by atoms with Crippen LogP contribution in [0.2, 0.25) is 0 Å². The first-order valence-electron chi connectivity index (χ1n) is 13.9. The number of rotatable bonds is 12. The number of aromatic hydroxyl groups is 1. The summed E-state index contributed by atoms with van der Waals surface area (Å²) in [4.78, 5) is 4.87. The summed E-state index contributed by atoms with van der Waals surface area (Å²) in [6, 6.07) is 14.8. The van der Waals surface area contributed by atoms with Gasteiger partial charge in [-0.15, -0.1) is 0 Å². The first-order valence-corrected chi connectivity index (χ1v) is 13.9. The number of phenols is 1. The van der Waals surface area contributed by atoms with Gasteiger partial charge in [-0.25, -0.2) is 0 Å². The van der Waals surface area contributed by atoms with Crippen molar-refractivity contribution in [3.8, 4) is 11.5 Å². The number of allylic oxidation sites excluding steroid dienone is 1. The predicted molar refractivity (Wildman–Crippen MR) is 151 cm³/mol. The van der Waals surface area contributed by atoms with E-state index in [1.165, 1.54) is 16.7 Å². The molecule has 0 fully saturated rings. The molecule has 37 heavy (non-hydrogen) atoms. The molecule has 0 spiro atoms. The number of nitrogens with zero attached hydrogens (tertiary/aromatic N) is 2. The van der Waals surface area contributed by atoms with Crippen molar-refractivity contribution < 1.29 is 14.6 Å². The van der Waals surface area contributed by atoms with E-state index in [0.29, 0.717) is 24.2 Å². The number of hydrogen-bond donors (Lipinski definition) is 1. The summed E-state index contributed by atoms with van der Waals surface area (Å²) in [7, 11) is 3.90. The Bertz CT molecular complexity index is 1060. The zero-order valence-electron chi connectivity index (χ0n) is 23.0. The van der Waals surface area contributed by atoms with Crippen molar-refractivity contribution in [1.82, 2.24) is 9.80 Å². The first kappa shape index (κ1) is 27.3. The van der Waals surface area contributed by atoms with Crippen molar-refractivity contribution in [3.63, 3.8) is 0 Å². The smallest absolute Gasteiger partial charge is 0.119 e. The van der Waals surface area contributed by atoms with Crippen LogP contribution in [-0.2, 0) is 24.1 Å². The molecule has 2 unspecified atom stereocenters. The molecule has 0 heterocycles. The lowest BCUT2D eigenvalue weighted by Gasteiger charge is -2.41. The highest BCUT2D eigenvalue weighted by Crippen LogP contribution is 2.38. The lowest BCUT2D eigenvalue weighted by molar-refractivity contribution is 0.147. The second-order valence-corrected chi connectivity index (χ2v) is 10.5. The van der Waals surface area contributed by atoms with Crippen LogP contribution in [0, 0.1) is 11.8 Å². The topological polar surface area (TPSA) is 45.2 Å². The van der Waals surface area contributed by atoms with Crippen molar-refractivity contribution >= 4 is 0 Å². The lowest BCUT2D eigenvalue weighted by Crippen LogP contribution is -2.43. The fourth-order valence-electron chi connectivity index (χ4n) is 5.84. The van der Waals surface area contributed by atoms with Crippen molar-refractivity contribution in [3.05, 3.63) is 83.1 Å². The monoisotopic (exact) mass is 504 g/mol. The Kier molecular flexibility index (Phi) is 9.70. The van der Waals surface area contributed by atoms with Crippen LogP contribution in [0.4, 0.5) is 0 Å². The number of likely N-dealkylation sites (N-methyl/N-ethyl adjacent to an activating group) is 2. The molecule has 2 aromatic rings. The molecule has 3 atom stereocenters. The van der Waals surface area contributed by atoms with Crippen LogP contribution >= 0.6 is 0 Å². The van der Waals surface area contributed by atoms with Crippen molar-refractivity contribution in [2.45, 2.75) is 52.1 Å². The fraction of sp³-hybridized carbons (Fsp3) is 0.500. The predicted octanol–water partition coefficient (Wildman–Crippen LogP) is 5.82. The normalized spacial score (nSPS) is 21.1. The Morgan fingerprint density at radius 1 is 1.03 bits per heavy atom. The molecule has 0 aromatic heterocycles. The van der Waals surface area contributed by atoms with Gasteiger partial charge >= 0.3 is 0 Å². The van der Waals surface area contributed by atoms with Gasteiger partial charge in [-0.05, 0) is 111 Å². The summed E-state index contributed by atoms with van der Waals surface area (Å²) in [5.74, 6) is 3.23. The molecule has 5 heteroatoms. The van der Waals surface area contributed by atoms with E-state index >= 15 is 0 Å². The Morgan fingerprint density at radius 3 is 2.57 bits per heavy atom. The van der Waals surface area contributed by atoms with Crippen LogP contribution in [0.5, 0.6) is 11.5 Å². The minimum Gasteiger partial charge on any atom is -0.508 e. The number of methoxy groups -OCH3 is 1. The number of aryl methyl sites for hydroxylation is 1. The van der Waals surface area contributed by atoms with Crippen LogP contribution < -0.4 is 4.74 Å². The summed E-state index contributed by atoms with van der Waals surface area (Å²) in [5.41, 5.74) is 3.97. The van der Waals surface area contributed by atoms with Crippen molar-refractivity contribution in [2.24, 2.45) is 11.8 Å². The summed E-state index contributed by atoms with van der Waals surface area (Å²) in [6.45, 7) is 9.05. The highest BCUT2D eigenvalue weighted by molar-refractivity contribution is 5.37. The third kappa shape index (κ3) is 7.18. The average Bonchev–Trinajstić information content (AvgIpc) is 2.92. The third-order valence-electron chi connectivity index (χ3n) is 7.93. The molecule has 0 saturated heterocycles. The second kappa shape index (κ2) is 13.2. The Morgan fingerprint density at radius 2 is 1.84 bits per heavy atom. The molecule has 0 bridgehead atoms. The number of benzene rings is 2. The van der Waals surface area contributed by atoms with Crippen molar-refractivity contribution in [2.75, 3.05) is 40.4 Å². The lowest BCUT2D eigenvalue weighted by atomic mass is 9.72. The second-order valence-electron chi connectivity index (χ2n) is 10.5. The van der Waals surface area contributed by atoms with E-state index in [9.17, 15) is 5.11 Å². The molecule has 0 aliphatic heterocycles. The van der Waals surface area contributed by atoms with Crippen LogP contribution in [0.1, 0.15) is 43.4 Å². The van der Waals surface area contributed by atoms with Crippen molar-refractivity contribution in [1.29, 1.82) is 0 Å². The molecule has 2 aliphatic rings. The molecule has 2 aromatic carbocycles. The van der Waals surface area contributed by atoms with Gasteiger partial charge in [0.15, 0.2) is 0 Å². The molecule has 0 radical (unpaired) electrons. The Balaban J connectivity index is 1.43. The van der Waals surface area contributed by atoms with Gasteiger partial charge in [0.1, 0.15) is 23.9 Å².